The van der Waals surface area contributed by atoms with Crippen LogP contribution in [-0.2, 0) is 6.54 Å². The molecule has 0 aliphatic carbocycles. The minimum absolute atomic E-state index is 0.113. The highest BCUT2D eigenvalue weighted by Gasteiger charge is 2.10. The van der Waals surface area contributed by atoms with Gasteiger partial charge in [-0.3, -0.25) is 9.36 Å². The lowest BCUT2D eigenvalue weighted by atomic mass is 10.2. The Balaban J connectivity index is 2.53. The molecule has 0 atom stereocenters. The zero-order valence-corrected chi connectivity index (χ0v) is 12.8. The summed E-state index contributed by atoms with van der Waals surface area (Å²) in [6.07, 6.45) is 1.51. The van der Waals surface area contributed by atoms with Crippen LogP contribution in [0.15, 0.2) is 38.1 Å². The Morgan fingerprint density at radius 2 is 2.06 bits per heavy atom. The Bertz CT molecular complexity index is 632. The first kappa shape index (κ1) is 13.3. The maximum Gasteiger partial charge on any atom is 0.268 e. The Morgan fingerprint density at radius 3 is 2.72 bits per heavy atom. The summed E-state index contributed by atoms with van der Waals surface area (Å²) in [5.74, 6) is 0.651. The van der Waals surface area contributed by atoms with Crippen LogP contribution in [0, 0.1) is 6.92 Å². The quantitative estimate of drug-likeness (QED) is 0.824. The Kier molecular flexibility index (Phi) is 3.87. The van der Waals surface area contributed by atoms with Gasteiger partial charge in [0, 0.05) is 21.9 Å². The van der Waals surface area contributed by atoms with Crippen LogP contribution >= 0.6 is 31.9 Å². The standard InChI is InChI=1S/C12H11Br2N3O/c1-7-16-5-10(14)12(18)17(7)6-8-9(13)3-2-4-11(8)15/h2-5H,6,15H2,1H3. The van der Waals surface area contributed by atoms with Gasteiger partial charge in [0.2, 0.25) is 0 Å². The van der Waals surface area contributed by atoms with Gasteiger partial charge in [0.15, 0.2) is 0 Å². The molecule has 0 radical (unpaired) electrons. The Labute approximate surface area is 121 Å². The molecule has 6 heteroatoms. The molecule has 0 aliphatic heterocycles. The third-order valence-corrected chi connectivity index (χ3v) is 3.96. The molecular formula is C12H11Br2N3O. The van der Waals surface area contributed by atoms with Crippen molar-refractivity contribution >= 4 is 37.5 Å². The molecule has 0 aliphatic rings. The Hall–Kier alpha value is -1.14. The number of halogens is 2. The molecule has 1 aromatic heterocycles. The molecule has 18 heavy (non-hydrogen) atoms. The van der Waals surface area contributed by atoms with Crippen LogP contribution in [0.5, 0.6) is 0 Å². The molecule has 0 spiro atoms. The number of nitrogens with zero attached hydrogens (tertiary/aromatic N) is 2. The molecule has 4 nitrogen and oxygen atoms in total. The number of aryl methyl sites for hydroxylation is 1. The predicted octanol–water partition coefficient (Wildman–Crippen LogP) is 2.71. The second kappa shape index (κ2) is 5.24. The largest absolute Gasteiger partial charge is 0.398 e. The highest BCUT2D eigenvalue weighted by molar-refractivity contribution is 9.10. The van der Waals surface area contributed by atoms with Crippen molar-refractivity contribution in [3.63, 3.8) is 0 Å². The highest BCUT2D eigenvalue weighted by Crippen LogP contribution is 2.23. The van der Waals surface area contributed by atoms with Gasteiger partial charge in [0.1, 0.15) is 10.3 Å². The van der Waals surface area contributed by atoms with E-state index in [4.69, 9.17) is 5.73 Å². The van der Waals surface area contributed by atoms with E-state index in [1.54, 1.807) is 11.5 Å². The number of aromatic nitrogens is 2. The summed E-state index contributed by atoms with van der Waals surface area (Å²) in [6.45, 7) is 2.19. The van der Waals surface area contributed by atoms with E-state index in [-0.39, 0.29) is 5.56 Å². The normalized spacial score (nSPS) is 10.6. The summed E-state index contributed by atoms with van der Waals surface area (Å²) in [6, 6.07) is 5.57. The van der Waals surface area contributed by atoms with Crippen molar-refractivity contribution < 1.29 is 0 Å². The molecule has 1 heterocycles. The summed E-state index contributed by atoms with van der Waals surface area (Å²) in [5.41, 5.74) is 7.34. The number of benzene rings is 1. The maximum atomic E-state index is 12.0. The number of rotatable bonds is 2. The summed E-state index contributed by atoms with van der Waals surface area (Å²) < 4.78 is 2.91. The fourth-order valence-corrected chi connectivity index (χ4v) is 2.46. The lowest BCUT2D eigenvalue weighted by Gasteiger charge is -2.12. The van der Waals surface area contributed by atoms with Crippen molar-refractivity contribution in [3.8, 4) is 0 Å². The van der Waals surface area contributed by atoms with Crippen LogP contribution in [0.25, 0.3) is 0 Å². The van der Waals surface area contributed by atoms with Crippen molar-refractivity contribution in [3.05, 3.63) is 55.1 Å². The second-order valence-electron chi connectivity index (χ2n) is 3.85. The van der Waals surface area contributed by atoms with Gasteiger partial charge in [0.25, 0.3) is 5.56 Å². The minimum Gasteiger partial charge on any atom is -0.398 e. The molecule has 0 bridgehead atoms. The van der Waals surface area contributed by atoms with Crippen molar-refractivity contribution in [2.45, 2.75) is 13.5 Å². The van der Waals surface area contributed by atoms with Gasteiger partial charge in [-0.05, 0) is 35.0 Å². The van der Waals surface area contributed by atoms with Crippen LogP contribution < -0.4 is 11.3 Å². The highest BCUT2D eigenvalue weighted by atomic mass is 79.9. The van der Waals surface area contributed by atoms with Crippen molar-refractivity contribution in [2.75, 3.05) is 5.73 Å². The van der Waals surface area contributed by atoms with Crippen LogP contribution in [-0.4, -0.2) is 9.55 Å². The van der Waals surface area contributed by atoms with Gasteiger partial charge in [0.05, 0.1) is 6.54 Å². The number of hydrogen-bond acceptors (Lipinski definition) is 3. The third kappa shape index (κ3) is 2.49. The Morgan fingerprint density at radius 1 is 1.33 bits per heavy atom. The maximum absolute atomic E-state index is 12.0. The second-order valence-corrected chi connectivity index (χ2v) is 5.56. The van der Waals surface area contributed by atoms with Crippen molar-refractivity contribution in [2.24, 2.45) is 0 Å². The van der Waals surface area contributed by atoms with Gasteiger partial charge >= 0.3 is 0 Å². The predicted molar refractivity (Wildman–Crippen MR) is 78.6 cm³/mol. The fourth-order valence-electron chi connectivity index (χ4n) is 1.64. The molecule has 94 valence electrons. The van der Waals surface area contributed by atoms with Crippen molar-refractivity contribution in [1.29, 1.82) is 0 Å². The lowest BCUT2D eigenvalue weighted by molar-refractivity contribution is 0.695. The fraction of sp³-hybridized carbons (Fsp3) is 0.167. The van der Waals surface area contributed by atoms with Gasteiger partial charge < -0.3 is 5.73 Å². The summed E-state index contributed by atoms with van der Waals surface area (Å²) >= 11 is 6.64. The SMILES string of the molecule is Cc1ncc(Br)c(=O)n1Cc1c(N)cccc1Br. The van der Waals surface area contributed by atoms with Crippen LogP contribution in [0.1, 0.15) is 11.4 Å². The van der Waals surface area contributed by atoms with Gasteiger partial charge in [-0.1, -0.05) is 22.0 Å². The van der Waals surface area contributed by atoms with Crippen molar-refractivity contribution in [1.82, 2.24) is 9.55 Å². The van der Waals surface area contributed by atoms with Gasteiger partial charge in [-0.2, -0.15) is 0 Å². The molecule has 2 rings (SSSR count). The molecule has 2 aromatic rings. The van der Waals surface area contributed by atoms with E-state index in [1.165, 1.54) is 6.20 Å². The topological polar surface area (TPSA) is 60.9 Å². The van der Waals surface area contributed by atoms with Gasteiger partial charge in [-0.25, -0.2) is 4.98 Å². The number of nitrogen functional groups attached to an aromatic ring is 1. The zero-order chi connectivity index (χ0) is 13.3. The first-order valence-electron chi connectivity index (χ1n) is 5.25. The molecule has 1 aromatic carbocycles. The first-order valence-corrected chi connectivity index (χ1v) is 6.84. The zero-order valence-electron chi connectivity index (χ0n) is 9.65. The molecule has 0 unspecified atom stereocenters. The molecular weight excluding hydrogens is 362 g/mol. The summed E-state index contributed by atoms with van der Waals surface area (Å²) in [7, 11) is 0. The lowest BCUT2D eigenvalue weighted by Crippen LogP contribution is -2.25. The molecule has 0 saturated carbocycles. The smallest absolute Gasteiger partial charge is 0.268 e. The molecule has 2 N–H and O–H groups in total. The molecule has 0 fully saturated rings. The summed E-state index contributed by atoms with van der Waals surface area (Å²) in [5, 5.41) is 0. The number of anilines is 1. The number of nitrogens with two attached hydrogens (primary N) is 1. The van der Waals surface area contributed by atoms with Crippen LogP contribution in [0.3, 0.4) is 0 Å². The monoisotopic (exact) mass is 371 g/mol. The van der Waals surface area contributed by atoms with E-state index in [1.807, 2.05) is 18.2 Å². The van der Waals surface area contributed by atoms with E-state index in [0.717, 1.165) is 10.0 Å². The van der Waals surface area contributed by atoms with Crippen LogP contribution in [0.4, 0.5) is 5.69 Å². The van der Waals surface area contributed by atoms with E-state index in [9.17, 15) is 4.79 Å². The van der Waals surface area contributed by atoms with E-state index in [0.29, 0.717) is 22.5 Å². The average Bonchev–Trinajstić information content (AvgIpc) is 2.33. The minimum atomic E-state index is -0.113. The van der Waals surface area contributed by atoms with E-state index < -0.39 is 0 Å². The third-order valence-electron chi connectivity index (χ3n) is 2.68. The van der Waals surface area contributed by atoms with E-state index in [2.05, 4.69) is 36.8 Å². The average molecular weight is 373 g/mol. The van der Waals surface area contributed by atoms with E-state index >= 15 is 0 Å². The number of hydrogen-bond donors (Lipinski definition) is 1. The van der Waals surface area contributed by atoms with Crippen LogP contribution in [0.2, 0.25) is 0 Å². The molecule has 0 amide bonds. The molecule has 0 saturated heterocycles. The van der Waals surface area contributed by atoms with Gasteiger partial charge in [-0.15, -0.1) is 0 Å². The summed E-state index contributed by atoms with van der Waals surface area (Å²) in [4.78, 5) is 16.2. The first-order chi connectivity index (χ1) is 8.50.